The molecule has 2 rings (SSSR count). The lowest BCUT2D eigenvalue weighted by Crippen LogP contribution is -1.99. The van der Waals surface area contributed by atoms with Crippen LogP contribution in [-0.4, -0.2) is 14.9 Å². The highest BCUT2D eigenvalue weighted by Crippen LogP contribution is 2.35. The van der Waals surface area contributed by atoms with Crippen LogP contribution >= 0.6 is 39.1 Å². The quantitative estimate of drug-likeness (QED) is 0.344. The van der Waals surface area contributed by atoms with Crippen molar-refractivity contribution in [3.63, 3.8) is 0 Å². The minimum absolute atomic E-state index is 0.121. The Morgan fingerprint density at radius 1 is 1.37 bits per heavy atom. The van der Waals surface area contributed by atoms with E-state index in [-0.39, 0.29) is 21.6 Å². The molecule has 98 valence electrons. The minimum Gasteiger partial charge on any atom is -0.258 e. The van der Waals surface area contributed by atoms with Crippen LogP contribution in [0.3, 0.4) is 0 Å². The molecule has 0 fully saturated rings. The van der Waals surface area contributed by atoms with Crippen LogP contribution in [0.2, 0.25) is 10.3 Å². The Hall–Kier alpha value is -1.31. The average molecular weight is 367 g/mol. The number of hydrogen-bond donors (Lipinski definition) is 0. The smallest absolute Gasteiger partial charge is 0.258 e. The number of aromatic nitrogens is 2. The summed E-state index contributed by atoms with van der Waals surface area (Å²) in [5.74, 6) is -0.825. The van der Waals surface area contributed by atoms with E-state index in [2.05, 4.69) is 25.9 Å². The molecule has 0 saturated carbocycles. The van der Waals surface area contributed by atoms with Gasteiger partial charge in [-0.15, -0.1) is 0 Å². The zero-order chi connectivity index (χ0) is 14.2. The highest BCUT2D eigenvalue weighted by atomic mass is 79.9. The van der Waals surface area contributed by atoms with E-state index >= 15 is 0 Å². The molecule has 0 amide bonds. The van der Waals surface area contributed by atoms with Crippen LogP contribution in [0.15, 0.2) is 22.8 Å². The first-order valence-corrected chi connectivity index (χ1v) is 6.27. The largest absolute Gasteiger partial charge is 0.313 e. The number of benzene rings is 1. The van der Waals surface area contributed by atoms with E-state index < -0.39 is 16.4 Å². The molecule has 1 aromatic carbocycles. The normalized spacial score (nSPS) is 10.5. The molecule has 0 aliphatic rings. The topological polar surface area (TPSA) is 68.9 Å². The van der Waals surface area contributed by atoms with Crippen LogP contribution in [0.1, 0.15) is 0 Å². The van der Waals surface area contributed by atoms with Gasteiger partial charge in [-0.3, -0.25) is 10.1 Å². The molecule has 5 nitrogen and oxygen atoms in total. The van der Waals surface area contributed by atoms with Crippen molar-refractivity contribution in [3.8, 4) is 11.3 Å². The van der Waals surface area contributed by atoms with Crippen LogP contribution in [0.25, 0.3) is 11.3 Å². The molecule has 0 saturated heterocycles. The molecule has 2 aromatic rings. The molecule has 0 atom stereocenters. The van der Waals surface area contributed by atoms with Crippen molar-refractivity contribution in [2.24, 2.45) is 0 Å². The van der Waals surface area contributed by atoms with Crippen LogP contribution in [0, 0.1) is 15.9 Å². The van der Waals surface area contributed by atoms with E-state index in [9.17, 15) is 14.5 Å². The number of hydrogen-bond acceptors (Lipinski definition) is 4. The summed E-state index contributed by atoms with van der Waals surface area (Å²) in [6.45, 7) is 0. The predicted octanol–water partition coefficient (Wildman–Crippen LogP) is 4.26. The molecular weight excluding hydrogens is 364 g/mol. The van der Waals surface area contributed by atoms with Crippen molar-refractivity contribution in [1.82, 2.24) is 9.97 Å². The van der Waals surface area contributed by atoms with Gasteiger partial charge in [0.1, 0.15) is 6.20 Å². The van der Waals surface area contributed by atoms with Gasteiger partial charge >= 0.3 is 5.69 Å². The minimum atomic E-state index is -0.825. The van der Waals surface area contributed by atoms with Crippen LogP contribution in [0.5, 0.6) is 0 Å². The lowest BCUT2D eigenvalue weighted by Gasteiger charge is -2.06. The van der Waals surface area contributed by atoms with E-state index in [4.69, 9.17) is 23.2 Å². The van der Waals surface area contributed by atoms with E-state index in [1.165, 1.54) is 12.1 Å². The van der Waals surface area contributed by atoms with Crippen molar-refractivity contribution in [1.29, 1.82) is 0 Å². The molecule has 19 heavy (non-hydrogen) atoms. The second-order valence-corrected chi connectivity index (χ2v) is 4.92. The SMILES string of the molecule is O=[N+]([O-])c1cnc(Cl)nc1-c1ccc(Br)c(Cl)c1F. The third-order valence-electron chi connectivity index (χ3n) is 2.23. The molecule has 0 bridgehead atoms. The van der Waals surface area contributed by atoms with Crippen LogP contribution < -0.4 is 0 Å². The summed E-state index contributed by atoms with van der Waals surface area (Å²) < 4.78 is 14.4. The van der Waals surface area contributed by atoms with Crippen molar-refractivity contribution in [2.75, 3.05) is 0 Å². The molecule has 1 heterocycles. The molecule has 0 aliphatic carbocycles. The van der Waals surface area contributed by atoms with Gasteiger partial charge in [-0.05, 0) is 39.7 Å². The molecule has 0 spiro atoms. The number of nitrogens with zero attached hydrogens (tertiary/aromatic N) is 3. The Kier molecular flexibility index (Phi) is 3.98. The van der Waals surface area contributed by atoms with Crippen molar-refractivity contribution in [3.05, 3.63) is 49.0 Å². The van der Waals surface area contributed by atoms with Gasteiger partial charge in [-0.25, -0.2) is 14.4 Å². The Labute approximate surface area is 124 Å². The third-order valence-corrected chi connectivity index (χ3v) is 3.67. The molecular formula is C10H3BrCl2FN3O2. The maximum absolute atomic E-state index is 14.0. The third kappa shape index (κ3) is 2.68. The molecule has 0 N–H and O–H groups in total. The van der Waals surface area contributed by atoms with Crippen LogP contribution in [0.4, 0.5) is 10.1 Å². The zero-order valence-electron chi connectivity index (χ0n) is 8.90. The summed E-state index contributed by atoms with van der Waals surface area (Å²) in [5.41, 5.74) is -0.803. The summed E-state index contributed by atoms with van der Waals surface area (Å²) in [5, 5.41) is 10.5. The first-order chi connectivity index (χ1) is 8.91. The van der Waals surface area contributed by atoms with E-state index in [0.717, 1.165) is 6.20 Å². The van der Waals surface area contributed by atoms with Gasteiger partial charge in [0.25, 0.3) is 0 Å². The van der Waals surface area contributed by atoms with Crippen molar-refractivity contribution >= 4 is 44.8 Å². The Morgan fingerprint density at radius 2 is 2.05 bits per heavy atom. The summed E-state index contributed by atoms with van der Waals surface area (Å²) in [4.78, 5) is 17.4. The van der Waals surface area contributed by atoms with Gasteiger partial charge in [0.15, 0.2) is 11.5 Å². The lowest BCUT2D eigenvalue weighted by molar-refractivity contribution is -0.384. The van der Waals surface area contributed by atoms with Gasteiger partial charge in [-0.1, -0.05) is 11.6 Å². The molecule has 1 aromatic heterocycles. The fraction of sp³-hybridized carbons (Fsp3) is 0. The summed E-state index contributed by atoms with van der Waals surface area (Å²) >= 11 is 14.4. The van der Waals surface area contributed by atoms with Crippen molar-refractivity contribution in [2.45, 2.75) is 0 Å². The van der Waals surface area contributed by atoms with Gasteiger partial charge in [-0.2, -0.15) is 0 Å². The zero-order valence-corrected chi connectivity index (χ0v) is 12.0. The summed E-state index contributed by atoms with van der Waals surface area (Å²) in [6.07, 6.45) is 0.917. The summed E-state index contributed by atoms with van der Waals surface area (Å²) in [6, 6.07) is 2.78. The maximum Gasteiger partial charge on any atom is 0.313 e. The van der Waals surface area contributed by atoms with E-state index in [1.54, 1.807) is 0 Å². The summed E-state index contributed by atoms with van der Waals surface area (Å²) in [7, 11) is 0. The molecule has 0 unspecified atom stereocenters. The monoisotopic (exact) mass is 365 g/mol. The first-order valence-electron chi connectivity index (χ1n) is 4.72. The molecule has 0 aliphatic heterocycles. The molecule has 9 heteroatoms. The lowest BCUT2D eigenvalue weighted by atomic mass is 10.1. The van der Waals surface area contributed by atoms with Crippen molar-refractivity contribution < 1.29 is 9.31 Å². The number of halogens is 4. The van der Waals surface area contributed by atoms with E-state index in [1.807, 2.05) is 0 Å². The van der Waals surface area contributed by atoms with Gasteiger partial charge in [0.2, 0.25) is 5.28 Å². The number of rotatable bonds is 2. The predicted molar refractivity (Wildman–Crippen MR) is 71.8 cm³/mol. The van der Waals surface area contributed by atoms with Crippen LogP contribution in [-0.2, 0) is 0 Å². The first kappa shape index (κ1) is 14.1. The van der Waals surface area contributed by atoms with Gasteiger partial charge < -0.3 is 0 Å². The van der Waals surface area contributed by atoms with E-state index in [0.29, 0.717) is 4.47 Å². The fourth-order valence-corrected chi connectivity index (χ4v) is 2.00. The fourth-order valence-electron chi connectivity index (χ4n) is 1.39. The second kappa shape index (κ2) is 5.36. The Balaban J connectivity index is 2.75. The van der Waals surface area contributed by atoms with Gasteiger partial charge in [0, 0.05) is 10.0 Å². The molecule has 0 radical (unpaired) electrons. The maximum atomic E-state index is 14.0. The highest BCUT2D eigenvalue weighted by Gasteiger charge is 2.23. The second-order valence-electron chi connectivity index (χ2n) is 3.35. The average Bonchev–Trinajstić information content (AvgIpc) is 2.35. The number of nitro groups is 1. The Bertz CT molecular complexity index is 684. The van der Waals surface area contributed by atoms with Gasteiger partial charge in [0.05, 0.1) is 9.95 Å². The highest BCUT2D eigenvalue weighted by molar-refractivity contribution is 9.10. The Morgan fingerprint density at radius 3 is 2.68 bits per heavy atom. The standard InChI is InChI=1S/C10H3BrCl2FN3O2/c11-5-2-1-4(8(14)7(5)12)9-6(17(18)19)3-15-10(13)16-9/h1-3H.